The number of nitrogens with zero attached hydrogens (tertiary/aromatic N) is 2. The summed E-state index contributed by atoms with van der Waals surface area (Å²) in [6, 6.07) is 19.3. The van der Waals surface area contributed by atoms with Crippen LogP contribution in [0.3, 0.4) is 0 Å². The Hall–Kier alpha value is -1.96. The molecule has 2 N–H and O–H groups in total. The largest absolute Gasteiger partial charge is 0.398 e. The highest BCUT2D eigenvalue weighted by molar-refractivity contribution is 14.1. The van der Waals surface area contributed by atoms with Gasteiger partial charge in [0.15, 0.2) is 0 Å². The number of carbonyl (C=O) groups is 1. The Morgan fingerprint density at radius 3 is 2.45 bits per heavy atom. The lowest BCUT2D eigenvalue weighted by Crippen LogP contribution is -2.51. The Kier molecular flexibility index (Phi) is 6.65. The molecule has 3 aromatic rings. The second kappa shape index (κ2) is 9.27. The van der Waals surface area contributed by atoms with Gasteiger partial charge in [-0.3, -0.25) is 4.79 Å². The SMILES string of the molecule is Cc1cccc(C(=O)N2CCN(c3ccc(Cl)cc3I)C(c3ccc(Cl)cc3)C2)c1N. The van der Waals surface area contributed by atoms with Gasteiger partial charge in [0.1, 0.15) is 0 Å². The number of hydrogen-bond donors (Lipinski definition) is 1. The molecule has 4 rings (SSSR count). The van der Waals surface area contributed by atoms with Gasteiger partial charge in [-0.25, -0.2) is 0 Å². The van der Waals surface area contributed by atoms with Crippen LogP contribution in [-0.4, -0.2) is 30.4 Å². The van der Waals surface area contributed by atoms with E-state index in [0.717, 1.165) is 20.4 Å². The van der Waals surface area contributed by atoms with Gasteiger partial charge in [0.2, 0.25) is 0 Å². The van der Waals surface area contributed by atoms with Gasteiger partial charge in [-0.2, -0.15) is 0 Å². The zero-order valence-electron chi connectivity index (χ0n) is 17.0. The first-order chi connectivity index (χ1) is 14.8. The maximum Gasteiger partial charge on any atom is 0.256 e. The van der Waals surface area contributed by atoms with Crippen LogP contribution in [0.4, 0.5) is 11.4 Å². The number of anilines is 2. The fourth-order valence-corrected chi connectivity index (χ4v) is 5.28. The first kappa shape index (κ1) is 22.2. The highest BCUT2D eigenvalue weighted by atomic mass is 127. The summed E-state index contributed by atoms with van der Waals surface area (Å²) in [7, 11) is 0. The lowest BCUT2D eigenvalue weighted by molar-refractivity contribution is 0.0723. The predicted molar refractivity (Wildman–Crippen MR) is 137 cm³/mol. The fraction of sp³-hybridized carbons (Fsp3) is 0.208. The number of halogens is 3. The summed E-state index contributed by atoms with van der Waals surface area (Å²) in [5, 5.41) is 1.40. The second-order valence-electron chi connectivity index (χ2n) is 7.64. The van der Waals surface area contributed by atoms with Crippen LogP contribution in [0.2, 0.25) is 10.0 Å². The molecule has 0 aliphatic carbocycles. The van der Waals surface area contributed by atoms with E-state index in [1.54, 1.807) is 6.07 Å². The summed E-state index contributed by atoms with van der Waals surface area (Å²) in [5.41, 5.74) is 10.4. The van der Waals surface area contributed by atoms with Gasteiger partial charge in [0.25, 0.3) is 5.91 Å². The van der Waals surface area contributed by atoms with Gasteiger partial charge in [-0.15, -0.1) is 0 Å². The van der Waals surface area contributed by atoms with Crippen molar-refractivity contribution >= 4 is 63.1 Å². The van der Waals surface area contributed by atoms with Crippen LogP contribution in [0.25, 0.3) is 0 Å². The van der Waals surface area contributed by atoms with Crippen LogP contribution in [-0.2, 0) is 0 Å². The van der Waals surface area contributed by atoms with E-state index >= 15 is 0 Å². The molecule has 1 unspecified atom stereocenters. The number of para-hydroxylation sites is 1. The Morgan fingerprint density at radius 2 is 1.74 bits per heavy atom. The topological polar surface area (TPSA) is 49.6 Å². The van der Waals surface area contributed by atoms with E-state index in [4.69, 9.17) is 28.9 Å². The first-order valence-corrected chi connectivity index (χ1v) is 11.8. The molecule has 1 atom stereocenters. The summed E-state index contributed by atoms with van der Waals surface area (Å²) >= 11 is 14.6. The van der Waals surface area contributed by atoms with Gasteiger partial charge in [0, 0.05) is 38.9 Å². The van der Waals surface area contributed by atoms with Gasteiger partial charge in [0.05, 0.1) is 17.3 Å². The molecule has 0 saturated carbocycles. The van der Waals surface area contributed by atoms with E-state index in [-0.39, 0.29) is 11.9 Å². The first-order valence-electron chi connectivity index (χ1n) is 9.96. The number of rotatable bonds is 3. The lowest BCUT2D eigenvalue weighted by Gasteiger charge is -2.43. The quantitative estimate of drug-likeness (QED) is 0.304. The summed E-state index contributed by atoms with van der Waals surface area (Å²) in [5.74, 6) is -0.0365. The molecule has 4 nitrogen and oxygen atoms in total. The molecular weight excluding hydrogens is 544 g/mol. The maximum absolute atomic E-state index is 13.3. The normalized spacial score (nSPS) is 16.5. The van der Waals surface area contributed by atoms with Crippen LogP contribution >= 0.6 is 45.8 Å². The average Bonchev–Trinajstić information content (AvgIpc) is 2.76. The van der Waals surface area contributed by atoms with Gasteiger partial charge < -0.3 is 15.5 Å². The van der Waals surface area contributed by atoms with Crippen molar-refractivity contribution in [3.8, 4) is 0 Å². The standard InChI is InChI=1S/C24H22Cl2IN3O/c1-15-3-2-4-19(23(15)28)24(31)29-11-12-30(21-10-9-18(26)13-20(21)27)22(14-29)16-5-7-17(25)8-6-16/h2-10,13,22H,11-12,14,28H2,1H3. The Morgan fingerprint density at radius 1 is 1.03 bits per heavy atom. The number of nitrogen functional groups attached to an aromatic ring is 1. The van der Waals surface area contributed by atoms with Gasteiger partial charge in [-0.05, 0) is 77.0 Å². The molecule has 31 heavy (non-hydrogen) atoms. The predicted octanol–water partition coefficient (Wildman–Crippen LogP) is 6.19. The van der Waals surface area contributed by atoms with Crippen LogP contribution in [0.1, 0.15) is 27.5 Å². The third kappa shape index (κ3) is 4.64. The molecule has 3 aromatic carbocycles. The zero-order valence-corrected chi connectivity index (χ0v) is 20.7. The Labute approximate surface area is 206 Å². The fourth-order valence-electron chi connectivity index (χ4n) is 3.98. The van der Waals surface area contributed by atoms with Crippen LogP contribution in [0, 0.1) is 10.5 Å². The van der Waals surface area contributed by atoms with Gasteiger partial charge in [-0.1, -0.05) is 47.5 Å². The molecule has 0 bridgehead atoms. The van der Waals surface area contributed by atoms with E-state index in [1.807, 2.05) is 66.4 Å². The number of aryl methyl sites for hydroxylation is 1. The number of nitrogens with two attached hydrogens (primary N) is 1. The molecular formula is C24H22Cl2IN3O. The highest BCUT2D eigenvalue weighted by Gasteiger charge is 2.32. The van der Waals surface area contributed by atoms with E-state index in [1.165, 1.54) is 0 Å². The van der Waals surface area contributed by atoms with Gasteiger partial charge >= 0.3 is 0 Å². The van der Waals surface area contributed by atoms with Crippen molar-refractivity contribution in [2.75, 3.05) is 30.3 Å². The molecule has 7 heteroatoms. The van der Waals surface area contributed by atoms with E-state index in [2.05, 4.69) is 27.5 Å². The molecule has 1 aliphatic heterocycles. The molecule has 1 amide bonds. The molecule has 1 fully saturated rings. The number of benzene rings is 3. The number of amides is 1. The van der Waals surface area contributed by atoms with E-state index in [0.29, 0.717) is 40.9 Å². The minimum Gasteiger partial charge on any atom is -0.398 e. The van der Waals surface area contributed by atoms with Crippen molar-refractivity contribution in [1.82, 2.24) is 4.90 Å². The average molecular weight is 566 g/mol. The third-order valence-corrected chi connectivity index (χ3v) is 7.05. The van der Waals surface area contributed by atoms with E-state index < -0.39 is 0 Å². The second-order valence-corrected chi connectivity index (χ2v) is 9.68. The number of hydrogen-bond acceptors (Lipinski definition) is 3. The molecule has 1 heterocycles. The highest BCUT2D eigenvalue weighted by Crippen LogP contribution is 2.36. The number of piperazine rings is 1. The van der Waals surface area contributed by atoms with E-state index in [9.17, 15) is 4.79 Å². The Balaban J connectivity index is 1.69. The molecule has 0 spiro atoms. The summed E-state index contributed by atoms with van der Waals surface area (Å²) in [6.45, 7) is 3.77. The van der Waals surface area contributed by atoms with Crippen molar-refractivity contribution in [3.05, 3.63) is 91.0 Å². The van der Waals surface area contributed by atoms with Crippen LogP contribution < -0.4 is 10.6 Å². The third-order valence-electron chi connectivity index (χ3n) is 5.70. The Bertz CT molecular complexity index is 1120. The molecule has 0 aromatic heterocycles. The van der Waals surface area contributed by atoms with Crippen LogP contribution in [0.15, 0.2) is 60.7 Å². The smallest absolute Gasteiger partial charge is 0.256 e. The van der Waals surface area contributed by atoms with Crippen molar-refractivity contribution in [3.63, 3.8) is 0 Å². The number of carbonyl (C=O) groups excluding carboxylic acids is 1. The van der Waals surface area contributed by atoms with Crippen LogP contribution in [0.5, 0.6) is 0 Å². The van der Waals surface area contributed by atoms with Crippen molar-refractivity contribution in [1.29, 1.82) is 0 Å². The molecule has 0 radical (unpaired) electrons. The molecule has 1 saturated heterocycles. The maximum atomic E-state index is 13.3. The minimum absolute atomic E-state index is 0.0179. The lowest BCUT2D eigenvalue weighted by atomic mass is 10.00. The minimum atomic E-state index is -0.0365. The van der Waals surface area contributed by atoms with Crippen molar-refractivity contribution in [2.24, 2.45) is 0 Å². The summed E-state index contributed by atoms with van der Waals surface area (Å²) < 4.78 is 1.08. The monoisotopic (exact) mass is 565 g/mol. The molecule has 160 valence electrons. The zero-order chi connectivity index (χ0) is 22.1. The summed E-state index contributed by atoms with van der Waals surface area (Å²) in [6.07, 6.45) is 0. The van der Waals surface area contributed by atoms with Crippen molar-refractivity contribution in [2.45, 2.75) is 13.0 Å². The summed E-state index contributed by atoms with van der Waals surface area (Å²) in [4.78, 5) is 17.6. The molecule has 1 aliphatic rings. The van der Waals surface area contributed by atoms with Crippen molar-refractivity contribution < 1.29 is 4.79 Å².